The molecule has 0 aliphatic heterocycles. The van der Waals surface area contributed by atoms with Gasteiger partial charge in [0.05, 0.1) is 17.6 Å². The van der Waals surface area contributed by atoms with Crippen LogP contribution in [0.5, 0.6) is 0 Å². The first-order valence-corrected chi connectivity index (χ1v) is 19.5. The van der Waals surface area contributed by atoms with E-state index in [1.165, 1.54) is 5.57 Å². The molecule has 4 saturated carbocycles. The largest absolute Gasteiger partial charge is 0.480 e. The number of carbonyl (C=O) groups is 3. The maximum Gasteiger partial charge on any atom is 0.326 e. The van der Waals surface area contributed by atoms with E-state index in [9.17, 15) is 29.7 Å². The van der Waals surface area contributed by atoms with Gasteiger partial charge in [-0.1, -0.05) is 80.4 Å². The summed E-state index contributed by atoms with van der Waals surface area (Å²) < 4.78 is 0. The van der Waals surface area contributed by atoms with Crippen molar-refractivity contribution < 1.29 is 29.7 Å². The molecular formula is C41H68N2O6. The van der Waals surface area contributed by atoms with Gasteiger partial charge in [-0.3, -0.25) is 9.59 Å². The van der Waals surface area contributed by atoms with Gasteiger partial charge in [-0.15, -0.1) is 0 Å². The first kappa shape index (κ1) is 38.3. The predicted molar refractivity (Wildman–Crippen MR) is 192 cm³/mol. The Kier molecular flexibility index (Phi) is 10.4. The summed E-state index contributed by atoms with van der Waals surface area (Å²) in [6, 6.07) is -0.871. The number of aliphatic hydroxyl groups is 2. The SMILES string of the molecule is CC(C)[C@H](NC(=O)CCCCCNC(=O)[C@]12CCC(C)(C)C[C@H]1C1=CC[C@@H]3[C@@]4(C)C[C@@H](O)[C@H](O)C(C)(C)[C@@H]4CC[C@@]3(C)[C@]1(C)CC2)C(=O)O. The van der Waals surface area contributed by atoms with E-state index in [-0.39, 0.29) is 57.1 Å². The number of amides is 2. The molecule has 5 aliphatic rings. The Morgan fingerprint density at radius 3 is 2.20 bits per heavy atom. The van der Waals surface area contributed by atoms with Crippen LogP contribution in [0, 0.1) is 56.2 Å². The molecule has 0 saturated heterocycles. The van der Waals surface area contributed by atoms with Crippen LogP contribution in [0.4, 0.5) is 0 Å². The molecule has 0 aromatic heterocycles. The maximum absolute atomic E-state index is 14.4. The first-order valence-electron chi connectivity index (χ1n) is 19.5. The molecule has 8 nitrogen and oxygen atoms in total. The third kappa shape index (κ3) is 6.31. The number of carbonyl (C=O) groups excluding carboxylic acids is 2. The van der Waals surface area contributed by atoms with E-state index in [4.69, 9.17) is 0 Å². The highest BCUT2D eigenvalue weighted by molar-refractivity contribution is 5.84. The summed E-state index contributed by atoms with van der Waals surface area (Å²) in [6.45, 7) is 20.7. The smallest absolute Gasteiger partial charge is 0.326 e. The van der Waals surface area contributed by atoms with Crippen LogP contribution in [0.3, 0.4) is 0 Å². The van der Waals surface area contributed by atoms with Crippen molar-refractivity contribution in [1.82, 2.24) is 10.6 Å². The van der Waals surface area contributed by atoms with E-state index >= 15 is 0 Å². The molecule has 5 aliphatic carbocycles. The molecule has 5 rings (SSSR count). The minimum Gasteiger partial charge on any atom is -0.480 e. The maximum atomic E-state index is 14.4. The number of allylic oxidation sites excluding steroid dienone is 2. The highest BCUT2D eigenvalue weighted by Gasteiger charge is 2.70. The molecule has 0 unspecified atom stereocenters. The molecule has 4 fully saturated rings. The van der Waals surface area contributed by atoms with Gasteiger partial charge in [0, 0.05) is 13.0 Å². The van der Waals surface area contributed by atoms with Gasteiger partial charge < -0.3 is 26.0 Å². The van der Waals surface area contributed by atoms with Crippen molar-refractivity contribution in [2.24, 2.45) is 56.2 Å². The minimum atomic E-state index is -1.01. The van der Waals surface area contributed by atoms with Gasteiger partial charge in [0.2, 0.25) is 11.8 Å². The number of hydrogen-bond donors (Lipinski definition) is 5. The fraction of sp³-hybridized carbons (Fsp3) is 0.878. The molecule has 0 spiro atoms. The van der Waals surface area contributed by atoms with Gasteiger partial charge >= 0.3 is 5.97 Å². The minimum absolute atomic E-state index is 0.0211. The summed E-state index contributed by atoms with van der Waals surface area (Å²) >= 11 is 0. The summed E-state index contributed by atoms with van der Waals surface area (Å²) in [5, 5.41) is 37.6. The highest BCUT2D eigenvalue weighted by Crippen LogP contribution is 2.75. The second-order valence-corrected chi connectivity index (χ2v) is 19.6. The van der Waals surface area contributed by atoms with Crippen molar-refractivity contribution in [1.29, 1.82) is 0 Å². The summed E-state index contributed by atoms with van der Waals surface area (Å²) in [5.41, 5.74) is 0.911. The Labute approximate surface area is 296 Å². The van der Waals surface area contributed by atoms with Gasteiger partial charge in [0.25, 0.3) is 0 Å². The second kappa shape index (κ2) is 13.2. The number of aliphatic carboxylic acids is 1. The average Bonchev–Trinajstić information content (AvgIpc) is 3.00. The molecule has 10 atom stereocenters. The van der Waals surface area contributed by atoms with Crippen molar-refractivity contribution in [3.8, 4) is 0 Å². The number of fused-ring (bicyclic) bond motifs is 7. The van der Waals surface area contributed by atoms with Gasteiger partial charge in [0.1, 0.15) is 6.04 Å². The van der Waals surface area contributed by atoms with Crippen molar-refractivity contribution in [3.05, 3.63) is 11.6 Å². The van der Waals surface area contributed by atoms with Crippen LogP contribution in [-0.4, -0.2) is 57.9 Å². The van der Waals surface area contributed by atoms with E-state index in [0.29, 0.717) is 31.2 Å². The Morgan fingerprint density at radius 2 is 1.55 bits per heavy atom. The number of aliphatic hydroxyl groups excluding tert-OH is 2. The second-order valence-electron chi connectivity index (χ2n) is 19.6. The zero-order valence-electron chi connectivity index (χ0n) is 32.1. The molecule has 0 aromatic rings. The van der Waals surface area contributed by atoms with Crippen LogP contribution >= 0.6 is 0 Å². The molecule has 2 amide bonds. The molecule has 8 heteroatoms. The summed E-state index contributed by atoms with van der Waals surface area (Å²) in [5.74, 6) is -0.247. The van der Waals surface area contributed by atoms with Crippen molar-refractivity contribution >= 4 is 17.8 Å². The third-order valence-corrected chi connectivity index (χ3v) is 15.6. The van der Waals surface area contributed by atoms with Gasteiger partial charge in [0.15, 0.2) is 0 Å². The topological polar surface area (TPSA) is 136 Å². The van der Waals surface area contributed by atoms with Crippen LogP contribution in [0.2, 0.25) is 0 Å². The lowest BCUT2D eigenvalue weighted by molar-refractivity contribution is -0.231. The number of unbranched alkanes of at least 4 members (excludes halogenated alkanes) is 2. The van der Waals surface area contributed by atoms with Gasteiger partial charge in [-0.2, -0.15) is 0 Å². The average molecular weight is 685 g/mol. The Hall–Kier alpha value is -1.93. The van der Waals surface area contributed by atoms with E-state index in [1.54, 1.807) is 13.8 Å². The lowest BCUT2D eigenvalue weighted by Crippen LogP contribution is -2.67. The number of nitrogens with one attached hydrogen (secondary N) is 2. The molecule has 0 bridgehead atoms. The molecule has 0 radical (unpaired) electrons. The van der Waals surface area contributed by atoms with Crippen LogP contribution in [0.25, 0.3) is 0 Å². The van der Waals surface area contributed by atoms with Gasteiger partial charge in [-0.05, 0) is 121 Å². The normalized spacial score (nSPS) is 41.2. The molecular weight excluding hydrogens is 616 g/mol. The number of rotatable bonds is 10. The lowest BCUT2D eigenvalue weighted by atomic mass is 9.33. The van der Waals surface area contributed by atoms with Crippen LogP contribution in [0.15, 0.2) is 11.6 Å². The van der Waals surface area contributed by atoms with Crippen LogP contribution in [-0.2, 0) is 14.4 Å². The molecule has 5 N–H and O–H groups in total. The lowest BCUT2D eigenvalue weighted by Gasteiger charge is -2.71. The van der Waals surface area contributed by atoms with Crippen molar-refractivity contribution in [2.75, 3.05) is 6.54 Å². The Bertz CT molecular complexity index is 1320. The monoisotopic (exact) mass is 685 g/mol. The van der Waals surface area contributed by atoms with Crippen LogP contribution in [0.1, 0.15) is 146 Å². The molecule has 0 aromatic carbocycles. The van der Waals surface area contributed by atoms with E-state index in [2.05, 4.69) is 65.2 Å². The summed E-state index contributed by atoms with van der Waals surface area (Å²) in [6.07, 6.45) is 12.3. The molecule has 0 heterocycles. The summed E-state index contributed by atoms with van der Waals surface area (Å²) in [7, 11) is 0. The zero-order valence-corrected chi connectivity index (χ0v) is 32.1. The van der Waals surface area contributed by atoms with Gasteiger partial charge in [-0.25, -0.2) is 4.79 Å². The Morgan fingerprint density at radius 1 is 0.878 bits per heavy atom. The number of carboxylic acids is 1. The summed E-state index contributed by atoms with van der Waals surface area (Å²) in [4.78, 5) is 38.1. The Balaban J connectivity index is 1.29. The van der Waals surface area contributed by atoms with Crippen LogP contribution < -0.4 is 10.6 Å². The zero-order chi connectivity index (χ0) is 36.4. The number of hydrogen-bond acceptors (Lipinski definition) is 5. The first-order chi connectivity index (χ1) is 22.7. The third-order valence-electron chi connectivity index (χ3n) is 15.6. The highest BCUT2D eigenvalue weighted by atomic mass is 16.4. The van der Waals surface area contributed by atoms with E-state index < -0.39 is 29.6 Å². The number of carboxylic acid groups (broad SMARTS) is 1. The quantitative estimate of drug-likeness (QED) is 0.124. The molecule has 49 heavy (non-hydrogen) atoms. The predicted octanol–water partition coefficient (Wildman–Crippen LogP) is 7.02. The fourth-order valence-corrected chi connectivity index (χ4v) is 12.5. The van der Waals surface area contributed by atoms with Crippen molar-refractivity contribution in [3.63, 3.8) is 0 Å². The standard InChI is InChI=1S/C41H68N2O6/c1-25(2)32(34(47)48)43-31(45)13-11-10-12-22-42-35(49)41-20-18-36(3,4)23-27(41)26-14-15-30-38(7)24-28(44)33(46)37(5,6)29(38)16-17-40(30,9)39(26,8)19-21-41/h14,25,27-30,32-33,44,46H,10-13,15-24H2,1-9H3,(H,42,49)(H,43,45)(H,47,48)/t27-,28+,29-,30+,32-,33-,38-,39+,40+,41-/m0/s1. The fourth-order valence-electron chi connectivity index (χ4n) is 12.5. The molecule has 278 valence electrons. The van der Waals surface area contributed by atoms with E-state index in [1.807, 2.05) is 0 Å². The van der Waals surface area contributed by atoms with Crippen molar-refractivity contribution in [2.45, 2.75) is 164 Å². The van der Waals surface area contributed by atoms with E-state index in [0.717, 1.165) is 64.2 Å².